The Morgan fingerprint density at radius 1 is 1.00 bits per heavy atom. The summed E-state index contributed by atoms with van der Waals surface area (Å²) in [5.74, 6) is 1.92. The molecule has 0 radical (unpaired) electrons. The Morgan fingerprint density at radius 2 is 1.79 bits per heavy atom. The minimum absolute atomic E-state index is 0.0822. The Labute approximate surface area is 165 Å². The molecule has 148 valence electrons. The zero-order valence-corrected chi connectivity index (χ0v) is 17.0. The average molecular weight is 380 g/mol. The fourth-order valence-corrected chi connectivity index (χ4v) is 3.13. The minimum Gasteiger partial charge on any atom is -0.494 e. The molecule has 1 heterocycles. The van der Waals surface area contributed by atoms with Crippen LogP contribution in [0.4, 0.5) is 5.69 Å². The van der Waals surface area contributed by atoms with Crippen LogP contribution in [-0.2, 0) is 6.54 Å². The third kappa shape index (κ3) is 4.47. The number of fused-ring (bicyclic) bond motifs is 1. The standard InChI is InChI=1S/C23H28N2O3/c1-5-27-19-8-10-21(22(13-19)28-6-2)24-14-18-12-17-11-16(15(3)4)7-9-20(17)25-23(18)26/h7-13,15,24H,5-6,14H2,1-4H3,(H,25,26). The summed E-state index contributed by atoms with van der Waals surface area (Å²) in [6.45, 7) is 9.78. The van der Waals surface area contributed by atoms with E-state index >= 15 is 0 Å². The van der Waals surface area contributed by atoms with Crippen LogP contribution in [0.2, 0.25) is 0 Å². The van der Waals surface area contributed by atoms with E-state index in [9.17, 15) is 4.79 Å². The largest absolute Gasteiger partial charge is 0.494 e. The highest BCUT2D eigenvalue weighted by atomic mass is 16.5. The van der Waals surface area contributed by atoms with Crippen LogP contribution in [0.25, 0.3) is 10.9 Å². The topological polar surface area (TPSA) is 63.3 Å². The highest BCUT2D eigenvalue weighted by molar-refractivity contribution is 5.80. The molecule has 0 aliphatic heterocycles. The Morgan fingerprint density at radius 3 is 2.50 bits per heavy atom. The number of aromatic nitrogens is 1. The number of nitrogens with one attached hydrogen (secondary N) is 2. The summed E-state index contributed by atoms with van der Waals surface area (Å²) < 4.78 is 11.3. The normalized spacial score (nSPS) is 11.0. The van der Waals surface area contributed by atoms with Crippen LogP contribution >= 0.6 is 0 Å². The van der Waals surface area contributed by atoms with Crippen molar-refractivity contribution in [2.24, 2.45) is 0 Å². The molecule has 0 aliphatic carbocycles. The van der Waals surface area contributed by atoms with Gasteiger partial charge in [0.05, 0.1) is 18.9 Å². The first-order chi connectivity index (χ1) is 13.5. The molecule has 0 bridgehead atoms. The Hall–Kier alpha value is -2.95. The summed E-state index contributed by atoms with van der Waals surface area (Å²) in [7, 11) is 0. The highest BCUT2D eigenvalue weighted by Crippen LogP contribution is 2.30. The van der Waals surface area contributed by atoms with Gasteiger partial charge in [0.25, 0.3) is 5.56 Å². The molecule has 0 aliphatic rings. The van der Waals surface area contributed by atoms with E-state index < -0.39 is 0 Å². The van der Waals surface area contributed by atoms with Gasteiger partial charge in [-0.25, -0.2) is 0 Å². The summed E-state index contributed by atoms with van der Waals surface area (Å²) in [6.07, 6.45) is 0. The van der Waals surface area contributed by atoms with Gasteiger partial charge in [-0.3, -0.25) is 4.79 Å². The van der Waals surface area contributed by atoms with Crippen molar-refractivity contribution in [3.8, 4) is 11.5 Å². The maximum atomic E-state index is 12.5. The molecular weight excluding hydrogens is 352 g/mol. The average Bonchev–Trinajstić information content (AvgIpc) is 2.67. The van der Waals surface area contributed by atoms with Gasteiger partial charge in [0, 0.05) is 23.7 Å². The van der Waals surface area contributed by atoms with E-state index in [0.29, 0.717) is 37.0 Å². The van der Waals surface area contributed by atoms with E-state index in [1.165, 1.54) is 5.56 Å². The van der Waals surface area contributed by atoms with Gasteiger partial charge in [0.1, 0.15) is 11.5 Å². The number of ether oxygens (including phenoxy) is 2. The number of hydrogen-bond donors (Lipinski definition) is 2. The van der Waals surface area contributed by atoms with Gasteiger partial charge < -0.3 is 19.8 Å². The molecule has 28 heavy (non-hydrogen) atoms. The molecule has 0 atom stereocenters. The quantitative estimate of drug-likeness (QED) is 0.573. The number of benzene rings is 2. The van der Waals surface area contributed by atoms with Crippen LogP contribution in [0.3, 0.4) is 0 Å². The van der Waals surface area contributed by atoms with Gasteiger partial charge in [0.15, 0.2) is 0 Å². The van der Waals surface area contributed by atoms with Crippen molar-refractivity contribution < 1.29 is 9.47 Å². The third-order valence-electron chi connectivity index (χ3n) is 4.65. The van der Waals surface area contributed by atoms with Crippen LogP contribution in [0.1, 0.15) is 44.7 Å². The van der Waals surface area contributed by atoms with Crippen molar-refractivity contribution in [1.82, 2.24) is 4.98 Å². The lowest BCUT2D eigenvalue weighted by molar-refractivity contribution is 0.324. The van der Waals surface area contributed by atoms with E-state index in [-0.39, 0.29) is 5.56 Å². The summed E-state index contributed by atoms with van der Waals surface area (Å²) in [6, 6.07) is 13.8. The molecule has 5 heteroatoms. The molecule has 3 aromatic rings. The molecule has 2 N–H and O–H groups in total. The lowest BCUT2D eigenvalue weighted by atomic mass is 10.0. The summed E-state index contributed by atoms with van der Waals surface area (Å²) in [4.78, 5) is 15.5. The molecule has 1 aromatic heterocycles. The van der Waals surface area contributed by atoms with Crippen LogP contribution in [0.15, 0.2) is 47.3 Å². The lowest BCUT2D eigenvalue weighted by Crippen LogP contribution is -2.16. The van der Waals surface area contributed by atoms with Gasteiger partial charge in [-0.2, -0.15) is 0 Å². The first-order valence-electron chi connectivity index (χ1n) is 9.81. The molecule has 0 amide bonds. The number of aromatic amines is 1. The minimum atomic E-state index is -0.0822. The molecule has 0 spiro atoms. The van der Waals surface area contributed by atoms with Gasteiger partial charge in [-0.15, -0.1) is 0 Å². The lowest BCUT2D eigenvalue weighted by Gasteiger charge is -2.14. The van der Waals surface area contributed by atoms with Gasteiger partial charge in [0.2, 0.25) is 0 Å². The maximum absolute atomic E-state index is 12.5. The van der Waals surface area contributed by atoms with Crippen molar-refractivity contribution in [3.63, 3.8) is 0 Å². The molecule has 0 unspecified atom stereocenters. The van der Waals surface area contributed by atoms with Crippen LogP contribution in [-0.4, -0.2) is 18.2 Å². The van der Waals surface area contributed by atoms with E-state index in [4.69, 9.17) is 9.47 Å². The summed E-state index contributed by atoms with van der Waals surface area (Å²) >= 11 is 0. The first kappa shape index (κ1) is 19.8. The zero-order chi connectivity index (χ0) is 20.1. The van der Waals surface area contributed by atoms with E-state index in [2.05, 4.69) is 36.3 Å². The zero-order valence-electron chi connectivity index (χ0n) is 17.0. The highest BCUT2D eigenvalue weighted by Gasteiger charge is 2.09. The predicted molar refractivity (Wildman–Crippen MR) is 115 cm³/mol. The van der Waals surface area contributed by atoms with Crippen molar-refractivity contribution in [1.29, 1.82) is 0 Å². The van der Waals surface area contributed by atoms with Crippen LogP contribution in [0.5, 0.6) is 11.5 Å². The molecule has 2 aromatic carbocycles. The van der Waals surface area contributed by atoms with Crippen molar-refractivity contribution in [2.75, 3.05) is 18.5 Å². The van der Waals surface area contributed by atoms with Crippen molar-refractivity contribution in [2.45, 2.75) is 40.2 Å². The fourth-order valence-electron chi connectivity index (χ4n) is 3.13. The number of rotatable bonds is 8. The molecule has 0 fully saturated rings. The van der Waals surface area contributed by atoms with Crippen molar-refractivity contribution in [3.05, 3.63) is 63.9 Å². The van der Waals surface area contributed by atoms with E-state index in [1.54, 1.807) is 0 Å². The van der Waals surface area contributed by atoms with E-state index in [0.717, 1.165) is 22.3 Å². The summed E-state index contributed by atoms with van der Waals surface area (Å²) in [5, 5.41) is 4.37. The Kier molecular flexibility index (Phi) is 6.24. The Bertz CT molecular complexity index is 1010. The maximum Gasteiger partial charge on any atom is 0.253 e. The summed E-state index contributed by atoms with van der Waals surface area (Å²) in [5.41, 5.74) is 3.55. The number of pyridine rings is 1. The molecule has 0 saturated heterocycles. The van der Waals surface area contributed by atoms with E-state index in [1.807, 2.05) is 44.2 Å². The second kappa shape index (κ2) is 8.83. The predicted octanol–water partition coefficient (Wildman–Crippen LogP) is 5.06. The second-order valence-corrected chi connectivity index (χ2v) is 7.00. The number of hydrogen-bond acceptors (Lipinski definition) is 4. The second-order valence-electron chi connectivity index (χ2n) is 7.00. The smallest absolute Gasteiger partial charge is 0.253 e. The third-order valence-corrected chi connectivity index (χ3v) is 4.65. The molecular formula is C23H28N2O3. The monoisotopic (exact) mass is 380 g/mol. The SMILES string of the molecule is CCOc1ccc(NCc2cc3cc(C(C)C)ccc3[nH]c2=O)c(OCC)c1. The van der Waals surface area contributed by atoms with Gasteiger partial charge in [-0.1, -0.05) is 19.9 Å². The van der Waals surface area contributed by atoms with Gasteiger partial charge in [-0.05, 0) is 61.0 Å². The molecule has 3 rings (SSSR count). The van der Waals surface area contributed by atoms with Crippen LogP contribution < -0.4 is 20.3 Å². The number of H-pyrrole nitrogens is 1. The Balaban J connectivity index is 1.86. The molecule has 0 saturated carbocycles. The molecule has 5 nitrogen and oxygen atoms in total. The first-order valence-corrected chi connectivity index (χ1v) is 9.81. The van der Waals surface area contributed by atoms with Crippen molar-refractivity contribution >= 4 is 16.6 Å². The van der Waals surface area contributed by atoms with Gasteiger partial charge >= 0.3 is 0 Å². The van der Waals surface area contributed by atoms with Crippen LogP contribution in [0, 0.1) is 0 Å². The number of anilines is 1. The fraction of sp³-hybridized carbons (Fsp3) is 0.348.